The lowest BCUT2D eigenvalue weighted by atomic mass is 9.95. The molecule has 1 atom stereocenters. The highest BCUT2D eigenvalue weighted by atomic mass is 35.5. The van der Waals surface area contributed by atoms with E-state index in [2.05, 4.69) is 24.0 Å². The number of aliphatic carboxylic acids is 1. The molecule has 0 spiro atoms. The van der Waals surface area contributed by atoms with E-state index in [0.717, 1.165) is 18.6 Å². The minimum Gasteiger partial charge on any atom is -0.498 e. The fourth-order valence-corrected chi connectivity index (χ4v) is 4.64. The average molecular weight is 534 g/mol. The molecule has 1 aliphatic rings. The molecule has 0 saturated carbocycles. The second-order valence-electron chi connectivity index (χ2n) is 8.96. The van der Waals surface area contributed by atoms with Crippen molar-refractivity contribution in [1.29, 1.82) is 0 Å². The summed E-state index contributed by atoms with van der Waals surface area (Å²) in [6.07, 6.45) is 3.85. The van der Waals surface area contributed by atoms with Gasteiger partial charge >= 0.3 is 12.1 Å². The van der Waals surface area contributed by atoms with E-state index >= 15 is 0 Å². The molecule has 8 heteroatoms. The molecule has 0 heterocycles. The monoisotopic (exact) mass is 533 g/mol. The Kier molecular flexibility index (Phi) is 10.4. The van der Waals surface area contributed by atoms with Crippen molar-refractivity contribution in [2.45, 2.75) is 44.8 Å². The van der Waals surface area contributed by atoms with Crippen LogP contribution in [0, 0.1) is 0 Å². The molecule has 0 radical (unpaired) electrons. The minimum atomic E-state index is -4.52. The summed E-state index contributed by atoms with van der Waals surface area (Å²) in [5.41, 5.74) is 1.44. The quantitative estimate of drug-likeness (QED) is 0.225. The van der Waals surface area contributed by atoms with E-state index in [1.807, 2.05) is 24.3 Å². The van der Waals surface area contributed by atoms with Crippen molar-refractivity contribution < 1.29 is 27.8 Å². The van der Waals surface area contributed by atoms with Crippen molar-refractivity contribution in [1.82, 2.24) is 4.90 Å². The van der Waals surface area contributed by atoms with Gasteiger partial charge in [0, 0.05) is 32.1 Å². The van der Waals surface area contributed by atoms with E-state index in [-0.39, 0.29) is 17.5 Å². The lowest BCUT2D eigenvalue weighted by Crippen LogP contribution is -2.30. The van der Waals surface area contributed by atoms with Crippen LogP contribution in [0.2, 0.25) is 5.02 Å². The number of hydrogen-bond donors (Lipinski definition) is 1. The number of alkyl halides is 3. The van der Waals surface area contributed by atoms with Crippen molar-refractivity contribution >= 4 is 17.6 Å². The predicted molar refractivity (Wildman–Crippen MR) is 139 cm³/mol. The molecule has 3 rings (SSSR count). The van der Waals surface area contributed by atoms with Crippen LogP contribution in [0.1, 0.15) is 48.8 Å². The molecule has 0 fully saturated rings. The smallest absolute Gasteiger partial charge is 0.417 e. The summed E-state index contributed by atoms with van der Waals surface area (Å²) in [5, 5.41) is 8.69. The van der Waals surface area contributed by atoms with Gasteiger partial charge in [0.25, 0.3) is 0 Å². The molecule has 0 bridgehead atoms. The van der Waals surface area contributed by atoms with Crippen LogP contribution in [-0.2, 0) is 22.3 Å². The van der Waals surface area contributed by atoms with Crippen LogP contribution in [0.15, 0.2) is 84.2 Å². The van der Waals surface area contributed by atoms with Gasteiger partial charge < -0.3 is 9.84 Å². The van der Waals surface area contributed by atoms with E-state index in [1.165, 1.54) is 11.6 Å². The van der Waals surface area contributed by atoms with Crippen molar-refractivity contribution in [3.8, 4) is 0 Å². The number of hydrogen-bond acceptors (Lipinski definition) is 3. The van der Waals surface area contributed by atoms with Crippen LogP contribution in [0.5, 0.6) is 0 Å². The van der Waals surface area contributed by atoms with Gasteiger partial charge in [-0.2, -0.15) is 13.2 Å². The van der Waals surface area contributed by atoms with Crippen LogP contribution >= 0.6 is 11.6 Å². The SMILES string of the molecule is CC[C@H](CN(CCCOC1=CC=C/C(=C\C(=O)O)C1)Cc1cccc(C(F)(F)F)c1Cl)c1ccccc1. The molecule has 1 aliphatic carbocycles. The molecule has 0 amide bonds. The number of halogens is 4. The second kappa shape index (κ2) is 13.5. The number of rotatable bonds is 12. The summed E-state index contributed by atoms with van der Waals surface area (Å²) in [6.45, 7) is 4.03. The average Bonchev–Trinajstić information content (AvgIpc) is 2.85. The Hall–Kier alpha value is -3.03. The van der Waals surface area contributed by atoms with Gasteiger partial charge in [-0.05, 0) is 47.6 Å². The first-order valence-corrected chi connectivity index (χ1v) is 12.6. The number of ether oxygens (including phenoxy) is 1. The molecule has 37 heavy (non-hydrogen) atoms. The van der Waals surface area contributed by atoms with Crippen LogP contribution in [-0.4, -0.2) is 35.7 Å². The summed E-state index contributed by atoms with van der Waals surface area (Å²) < 4.78 is 46.1. The highest BCUT2D eigenvalue weighted by molar-refractivity contribution is 6.32. The normalized spacial score (nSPS) is 15.6. The molecule has 0 saturated heterocycles. The van der Waals surface area contributed by atoms with Gasteiger partial charge in [0.2, 0.25) is 0 Å². The zero-order valence-electron chi connectivity index (χ0n) is 20.7. The summed E-state index contributed by atoms with van der Waals surface area (Å²) in [7, 11) is 0. The Balaban J connectivity index is 1.69. The first-order valence-electron chi connectivity index (χ1n) is 12.2. The Labute approximate surface area is 220 Å². The molecule has 2 aromatic carbocycles. The zero-order chi connectivity index (χ0) is 26.8. The predicted octanol–water partition coefficient (Wildman–Crippen LogP) is 7.62. The Morgan fingerprint density at radius 3 is 2.62 bits per heavy atom. The molecule has 198 valence electrons. The van der Waals surface area contributed by atoms with Gasteiger partial charge in [-0.25, -0.2) is 4.79 Å². The van der Waals surface area contributed by atoms with Crippen LogP contribution < -0.4 is 0 Å². The topological polar surface area (TPSA) is 49.8 Å². The van der Waals surface area contributed by atoms with E-state index in [4.69, 9.17) is 21.4 Å². The third-order valence-corrected chi connectivity index (χ3v) is 6.65. The molecular formula is C29H31ClF3NO3. The molecule has 0 aliphatic heterocycles. The Morgan fingerprint density at radius 1 is 1.19 bits per heavy atom. The molecule has 4 nitrogen and oxygen atoms in total. The molecule has 0 aromatic heterocycles. The van der Waals surface area contributed by atoms with Crippen LogP contribution in [0.3, 0.4) is 0 Å². The molecular weight excluding hydrogens is 503 g/mol. The molecule has 2 aromatic rings. The molecule has 1 N–H and O–H groups in total. The first kappa shape index (κ1) is 28.5. The maximum absolute atomic E-state index is 13.4. The number of carbonyl (C=O) groups is 1. The van der Waals surface area contributed by atoms with E-state index in [9.17, 15) is 18.0 Å². The summed E-state index contributed by atoms with van der Waals surface area (Å²) in [5.74, 6) is -0.117. The maximum Gasteiger partial charge on any atom is 0.417 e. The van der Waals surface area contributed by atoms with Gasteiger partial charge in [-0.3, -0.25) is 4.90 Å². The number of benzene rings is 2. The van der Waals surface area contributed by atoms with Crippen molar-refractivity contribution in [2.75, 3.05) is 19.7 Å². The lowest BCUT2D eigenvalue weighted by molar-refractivity contribution is -0.137. The second-order valence-corrected chi connectivity index (χ2v) is 9.33. The first-order chi connectivity index (χ1) is 17.7. The lowest BCUT2D eigenvalue weighted by Gasteiger charge is -2.28. The largest absolute Gasteiger partial charge is 0.498 e. The van der Waals surface area contributed by atoms with E-state index in [0.29, 0.717) is 49.4 Å². The van der Waals surface area contributed by atoms with Gasteiger partial charge in [-0.1, -0.05) is 73.1 Å². The van der Waals surface area contributed by atoms with Gasteiger partial charge in [0.05, 0.1) is 17.2 Å². The fourth-order valence-electron chi connectivity index (χ4n) is 4.35. The summed E-state index contributed by atoms with van der Waals surface area (Å²) >= 11 is 6.21. The van der Waals surface area contributed by atoms with Crippen molar-refractivity contribution in [3.63, 3.8) is 0 Å². The van der Waals surface area contributed by atoms with Gasteiger partial charge in [0.15, 0.2) is 0 Å². The number of carboxylic acid groups (broad SMARTS) is 1. The van der Waals surface area contributed by atoms with Gasteiger partial charge in [0.1, 0.15) is 5.76 Å². The Morgan fingerprint density at radius 2 is 1.95 bits per heavy atom. The van der Waals surface area contributed by atoms with Crippen molar-refractivity contribution in [2.24, 2.45) is 0 Å². The fraction of sp³-hybridized carbons (Fsp3) is 0.345. The van der Waals surface area contributed by atoms with E-state index < -0.39 is 17.7 Å². The third-order valence-electron chi connectivity index (χ3n) is 6.21. The highest BCUT2D eigenvalue weighted by Crippen LogP contribution is 2.36. The number of nitrogens with zero attached hydrogens (tertiary/aromatic N) is 1. The molecule has 0 unspecified atom stereocenters. The standard InChI is InChI=1S/C29H31ClF3NO3/c1-2-22(23-10-4-3-5-11-23)19-34(20-24-12-7-14-26(28(24)30)29(31,32)33)15-8-16-37-25-13-6-9-21(17-25)18-27(35)36/h3-7,9-14,18,22H,2,8,15-17,19-20H2,1H3,(H,35,36)/b21-18+/t22-/m1/s1. The Bertz CT molecular complexity index is 1140. The number of carboxylic acids is 1. The number of allylic oxidation sites excluding steroid dienone is 4. The third kappa shape index (κ3) is 8.79. The van der Waals surface area contributed by atoms with Crippen LogP contribution in [0.25, 0.3) is 0 Å². The van der Waals surface area contributed by atoms with E-state index in [1.54, 1.807) is 18.2 Å². The summed E-state index contributed by atoms with van der Waals surface area (Å²) in [4.78, 5) is 13.0. The highest BCUT2D eigenvalue weighted by Gasteiger charge is 2.34. The zero-order valence-corrected chi connectivity index (χ0v) is 21.4. The maximum atomic E-state index is 13.4. The van der Waals surface area contributed by atoms with Crippen LogP contribution in [0.4, 0.5) is 13.2 Å². The van der Waals surface area contributed by atoms with Crippen molar-refractivity contribution in [3.05, 3.63) is 106 Å². The summed E-state index contributed by atoms with van der Waals surface area (Å²) in [6, 6.07) is 14.1. The minimum absolute atomic E-state index is 0.210. The van der Waals surface area contributed by atoms with Gasteiger partial charge in [-0.15, -0.1) is 0 Å².